The van der Waals surface area contributed by atoms with Gasteiger partial charge in [0, 0.05) is 5.02 Å². The van der Waals surface area contributed by atoms with Gasteiger partial charge in [0.25, 0.3) is 0 Å². The van der Waals surface area contributed by atoms with Crippen LogP contribution in [0.3, 0.4) is 0 Å². The smallest absolute Gasteiger partial charge is 0.188 e. The maximum atomic E-state index is 13.7. The van der Waals surface area contributed by atoms with Gasteiger partial charge in [0.2, 0.25) is 0 Å². The molecule has 0 fully saturated rings. The predicted octanol–water partition coefficient (Wildman–Crippen LogP) is 5.14. The molecule has 0 amide bonds. The second-order valence-corrected chi connectivity index (χ2v) is 5.71. The van der Waals surface area contributed by atoms with E-state index in [1.165, 1.54) is 23.0 Å². The van der Waals surface area contributed by atoms with Crippen molar-refractivity contribution < 1.29 is 4.39 Å². The molecule has 3 rings (SSSR count). The predicted molar refractivity (Wildman–Crippen MR) is 79.0 cm³/mol. The number of nitrogens with zero attached hydrogens (tertiary/aromatic N) is 1. The third-order valence-electron chi connectivity index (χ3n) is 2.72. The average molecular weight is 293 g/mol. The molecule has 0 aliphatic rings. The van der Waals surface area contributed by atoms with Crippen LogP contribution < -0.4 is 5.32 Å². The summed E-state index contributed by atoms with van der Waals surface area (Å²) in [5, 5.41) is 4.03. The highest BCUT2D eigenvalue weighted by atomic mass is 35.5. The van der Waals surface area contributed by atoms with Crippen molar-refractivity contribution in [3.05, 3.63) is 52.8 Å². The normalized spacial score (nSPS) is 10.9. The Labute approximate surface area is 118 Å². The minimum absolute atomic E-state index is 0.375. The van der Waals surface area contributed by atoms with Gasteiger partial charge < -0.3 is 5.32 Å². The molecule has 1 N–H and O–H groups in total. The van der Waals surface area contributed by atoms with Crippen LogP contribution in [0.1, 0.15) is 5.56 Å². The van der Waals surface area contributed by atoms with Crippen molar-refractivity contribution >= 4 is 44.0 Å². The lowest BCUT2D eigenvalue weighted by molar-refractivity contribution is 0.632. The van der Waals surface area contributed by atoms with Crippen LogP contribution in [-0.4, -0.2) is 4.98 Å². The van der Waals surface area contributed by atoms with Crippen molar-refractivity contribution in [2.24, 2.45) is 0 Å². The zero-order valence-electron chi connectivity index (χ0n) is 10.1. The second kappa shape index (κ2) is 4.79. The fourth-order valence-electron chi connectivity index (χ4n) is 1.79. The Balaban J connectivity index is 1.96. The number of hydrogen-bond donors (Lipinski definition) is 1. The van der Waals surface area contributed by atoms with Crippen LogP contribution in [0, 0.1) is 12.7 Å². The van der Waals surface area contributed by atoms with Gasteiger partial charge in [-0.2, -0.15) is 0 Å². The first kappa shape index (κ1) is 12.4. The summed E-state index contributed by atoms with van der Waals surface area (Å²) in [6, 6.07) is 10.6. The van der Waals surface area contributed by atoms with E-state index in [1.54, 1.807) is 12.1 Å². The molecular weight excluding hydrogens is 283 g/mol. The van der Waals surface area contributed by atoms with E-state index in [4.69, 9.17) is 11.6 Å². The molecule has 0 bridgehead atoms. The Morgan fingerprint density at radius 1 is 1.21 bits per heavy atom. The first-order chi connectivity index (χ1) is 9.11. The highest BCUT2D eigenvalue weighted by Crippen LogP contribution is 2.30. The van der Waals surface area contributed by atoms with E-state index in [2.05, 4.69) is 16.4 Å². The molecule has 0 atom stereocenters. The molecule has 1 heterocycles. The number of aryl methyl sites for hydroxylation is 1. The van der Waals surface area contributed by atoms with E-state index in [0.717, 1.165) is 10.2 Å². The number of halogens is 2. The van der Waals surface area contributed by atoms with Gasteiger partial charge in [-0.25, -0.2) is 9.37 Å². The lowest BCUT2D eigenvalue weighted by Gasteiger charge is -2.03. The molecule has 0 saturated carbocycles. The Morgan fingerprint density at radius 3 is 2.84 bits per heavy atom. The van der Waals surface area contributed by atoms with Crippen LogP contribution >= 0.6 is 22.9 Å². The molecule has 1 aromatic heterocycles. The molecule has 19 heavy (non-hydrogen) atoms. The van der Waals surface area contributed by atoms with E-state index >= 15 is 0 Å². The highest BCUT2D eigenvalue weighted by Gasteiger charge is 2.07. The van der Waals surface area contributed by atoms with E-state index in [-0.39, 0.29) is 5.82 Å². The van der Waals surface area contributed by atoms with Crippen molar-refractivity contribution in [1.29, 1.82) is 0 Å². The maximum Gasteiger partial charge on any atom is 0.188 e. The number of thiazole rings is 1. The van der Waals surface area contributed by atoms with Gasteiger partial charge in [-0.3, -0.25) is 0 Å². The van der Waals surface area contributed by atoms with E-state index < -0.39 is 0 Å². The first-order valence-corrected chi connectivity index (χ1v) is 6.90. The molecule has 2 aromatic carbocycles. The van der Waals surface area contributed by atoms with Gasteiger partial charge in [0.05, 0.1) is 15.9 Å². The van der Waals surface area contributed by atoms with Crippen LogP contribution in [0.15, 0.2) is 36.4 Å². The van der Waals surface area contributed by atoms with Gasteiger partial charge >= 0.3 is 0 Å². The summed E-state index contributed by atoms with van der Waals surface area (Å²) in [6.45, 7) is 2.03. The Bertz CT molecular complexity index is 754. The zero-order valence-corrected chi connectivity index (χ0v) is 11.6. The van der Waals surface area contributed by atoms with Gasteiger partial charge in [-0.1, -0.05) is 29.0 Å². The summed E-state index contributed by atoms with van der Waals surface area (Å²) < 4.78 is 14.8. The molecule has 0 saturated heterocycles. The molecule has 0 aliphatic carbocycles. The fourth-order valence-corrected chi connectivity index (χ4v) is 2.93. The molecule has 0 radical (unpaired) electrons. The van der Waals surface area contributed by atoms with Crippen molar-refractivity contribution in [3.8, 4) is 0 Å². The minimum atomic E-state index is -0.386. The Kier molecular flexibility index (Phi) is 3.12. The van der Waals surface area contributed by atoms with Crippen LogP contribution in [-0.2, 0) is 0 Å². The fraction of sp³-hybridized carbons (Fsp3) is 0.0714. The number of aromatic nitrogens is 1. The summed E-state index contributed by atoms with van der Waals surface area (Å²) in [5.41, 5.74) is 2.47. The summed E-state index contributed by atoms with van der Waals surface area (Å²) in [6.07, 6.45) is 0. The largest absolute Gasteiger partial charge is 0.329 e. The Morgan fingerprint density at radius 2 is 2.05 bits per heavy atom. The van der Waals surface area contributed by atoms with E-state index in [1.807, 2.05) is 19.1 Å². The number of hydrogen-bond acceptors (Lipinski definition) is 3. The highest BCUT2D eigenvalue weighted by molar-refractivity contribution is 7.22. The number of rotatable bonds is 2. The molecular formula is C14H10ClFN2S. The molecule has 0 unspecified atom stereocenters. The summed E-state index contributed by atoms with van der Waals surface area (Å²) in [4.78, 5) is 4.42. The summed E-state index contributed by atoms with van der Waals surface area (Å²) in [7, 11) is 0. The SMILES string of the molecule is Cc1ccc2nc(Nc3ccc(Cl)cc3F)sc2c1. The van der Waals surface area contributed by atoms with Crippen LogP contribution in [0.2, 0.25) is 5.02 Å². The Hall–Kier alpha value is -1.65. The minimum Gasteiger partial charge on any atom is -0.329 e. The standard InChI is InChI=1S/C14H10ClFN2S/c1-8-2-4-12-13(6-8)19-14(18-12)17-11-5-3-9(15)7-10(11)16/h2-7H,1H3,(H,17,18). The summed E-state index contributed by atoms with van der Waals surface area (Å²) in [5.74, 6) is -0.386. The van der Waals surface area contributed by atoms with Gasteiger partial charge in [-0.05, 0) is 42.8 Å². The average Bonchev–Trinajstić information content (AvgIpc) is 2.74. The lowest BCUT2D eigenvalue weighted by Crippen LogP contribution is -1.92. The van der Waals surface area contributed by atoms with Crippen molar-refractivity contribution in [2.45, 2.75) is 6.92 Å². The first-order valence-electron chi connectivity index (χ1n) is 5.71. The van der Waals surface area contributed by atoms with Gasteiger partial charge in [0.1, 0.15) is 5.82 Å². The van der Waals surface area contributed by atoms with Gasteiger partial charge in [-0.15, -0.1) is 0 Å². The monoisotopic (exact) mass is 292 g/mol. The quantitative estimate of drug-likeness (QED) is 0.707. The third-order valence-corrected chi connectivity index (χ3v) is 3.89. The van der Waals surface area contributed by atoms with Crippen LogP contribution in [0.25, 0.3) is 10.2 Å². The number of anilines is 2. The lowest BCUT2D eigenvalue weighted by atomic mass is 10.2. The maximum absolute atomic E-state index is 13.7. The van der Waals surface area contributed by atoms with Gasteiger partial charge in [0.15, 0.2) is 5.13 Å². The molecule has 2 nitrogen and oxygen atoms in total. The molecule has 3 aromatic rings. The van der Waals surface area contributed by atoms with Crippen LogP contribution in [0.4, 0.5) is 15.2 Å². The second-order valence-electron chi connectivity index (χ2n) is 4.24. The van der Waals surface area contributed by atoms with Crippen molar-refractivity contribution in [1.82, 2.24) is 4.98 Å². The topological polar surface area (TPSA) is 24.9 Å². The molecule has 5 heteroatoms. The van der Waals surface area contributed by atoms with Crippen molar-refractivity contribution in [3.63, 3.8) is 0 Å². The zero-order chi connectivity index (χ0) is 13.4. The third kappa shape index (κ3) is 2.55. The van der Waals surface area contributed by atoms with Crippen molar-refractivity contribution in [2.75, 3.05) is 5.32 Å². The molecule has 0 aliphatic heterocycles. The van der Waals surface area contributed by atoms with Crippen LogP contribution in [0.5, 0.6) is 0 Å². The number of fused-ring (bicyclic) bond motifs is 1. The molecule has 96 valence electrons. The van der Waals surface area contributed by atoms with E-state index in [0.29, 0.717) is 15.8 Å². The van der Waals surface area contributed by atoms with E-state index in [9.17, 15) is 4.39 Å². The summed E-state index contributed by atoms with van der Waals surface area (Å²) >= 11 is 7.22. The molecule has 0 spiro atoms. The number of benzene rings is 2. The number of nitrogens with one attached hydrogen (secondary N) is 1.